The van der Waals surface area contributed by atoms with Gasteiger partial charge in [-0.2, -0.15) is 31.3 Å². The molecule has 0 saturated carbocycles. The molecular weight excluding hydrogens is 418 g/mol. The normalized spacial score (nSPS) is 14.5. The summed E-state index contributed by atoms with van der Waals surface area (Å²) in [6.45, 7) is 0.0949. The predicted octanol–water partition coefficient (Wildman–Crippen LogP) is 4.39. The molecule has 0 bridgehead atoms. The summed E-state index contributed by atoms with van der Waals surface area (Å²) in [5.41, 5.74) is 0.546. The third kappa shape index (κ3) is 8.57. The molecule has 12 heteroatoms. The Morgan fingerprint density at radius 1 is 0.833 bits per heavy atom. The molecule has 0 amide bonds. The van der Waals surface area contributed by atoms with Gasteiger partial charge in [-0.05, 0) is 26.0 Å². The first-order chi connectivity index (χ1) is 13.9. The van der Waals surface area contributed by atoms with Gasteiger partial charge in [-0.3, -0.25) is 0 Å². The van der Waals surface area contributed by atoms with E-state index in [2.05, 4.69) is 30.1 Å². The van der Waals surface area contributed by atoms with Crippen LogP contribution in [-0.2, 0) is 9.47 Å². The smallest absolute Gasteiger partial charge is 0.370 e. The zero-order chi connectivity index (χ0) is 22.4. The lowest BCUT2D eigenvalue weighted by atomic mass is 10.2. The van der Waals surface area contributed by atoms with Gasteiger partial charge in [-0.15, -0.1) is 0 Å². The number of para-hydroxylation sites is 1. The van der Waals surface area contributed by atoms with Crippen molar-refractivity contribution in [2.45, 2.75) is 38.3 Å². The SMILES string of the molecule is CC(COCC(F)(F)F)Nc1nc(NC(C)COCC(F)(F)F)c2ccccc2n1. The van der Waals surface area contributed by atoms with E-state index in [9.17, 15) is 26.3 Å². The summed E-state index contributed by atoms with van der Waals surface area (Å²) in [6, 6.07) is 5.93. The number of nitrogens with one attached hydrogen (secondary N) is 2. The highest BCUT2D eigenvalue weighted by atomic mass is 19.4. The molecule has 2 rings (SSSR count). The van der Waals surface area contributed by atoms with Crippen molar-refractivity contribution in [3.63, 3.8) is 0 Å². The van der Waals surface area contributed by atoms with E-state index in [1.807, 2.05) is 0 Å². The molecule has 0 aliphatic carbocycles. The molecule has 2 atom stereocenters. The van der Waals surface area contributed by atoms with Gasteiger partial charge in [0.25, 0.3) is 0 Å². The molecule has 1 aromatic heterocycles. The highest BCUT2D eigenvalue weighted by Crippen LogP contribution is 2.23. The zero-order valence-electron chi connectivity index (χ0n) is 16.3. The van der Waals surface area contributed by atoms with Crippen LogP contribution in [0.5, 0.6) is 0 Å². The molecule has 1 aromatic carbocycles. The molecule has 2 unspecified atom stereocenters. The van der Waals surface area contributed by atoms with Gasteiger partial charge in [-0.25, -0.2) is 4.98 Å². The Kier molecular flexibility index (Phi) is 8.07. The van der Waals surface area contributed by atoms with Gasteiger partial charge in [0, 0.05) is 17.5 Å². The quantitative estimate of drug-likeness (QED) is 0.535. The number of alkyl halides is 6. The summed E-state index contributed by atoms with van der Waals surface area (Å²) in [5.74, 6) is 0.498. The average molecular weight is 440 g/mol. The Hall–Kier alpha value is -2.34. The van der Waals surface area contributed by atoms with Crippen molar-refractivity contribution in [2.24, 2.45) is 0 Å². The number of hydrogen-bond acceptors (Lipinski definition) is 6. The number of halogens is 6. The van der Waals surface area contributed by atoms with Gasteiger partial charge in [0.1, 0.15) is 19.0 Å². The van der Waals surface area contributed by atoms with Crippen molar-refractivity contribution in [3.8, 4) is 0 Å². The number of nitrogens with zero attached hydrogens (tertiary/aromatic N) is 2. The third-order valence-electron chi connectivity index (χ3n) is 3.63. The van der Waals surface area contributed by atoms with Crippen LogP contribution in [0.3, 0.4) is 0 Å². The van der Waals surface area contributed by atoms with Crippen LogP contribution in [0.4, 0.5) is 38.1 Å². The Morgan fingerprint density at radius 2 is 1.37 bits per heavy atom. The van der Waals surface area contributed by atoms with E-state index in [1.165, 1.54) is 0 Å². The standard InChI is InChI=1S/C18H22F6N4O2/c1-11(7-29-9-17(19,20)21)25-15-13-5-3-4-6-14(13)27-16(28-15)26-12(2)8-30-10-18(22,23)24/h3-6,11-12H,7-10H2,1-2H3,(H2,25,26,27,28). The van der Waals surface area contributed by atoms with Crippen molar-refractivity contribution < 1.29 is 35.8 Å². The Bertz CT molecular complexity index is 815. The maximum atomic E-state index is 12.2. The minimum atomic E-state index is -4.42. The van der Waals surface area contributed by atoms with Crippen LogP contribution in [0.25, 0.3) is 10.9 Å². The average Bonchev–Trinajstić information content (AvgIpc) is 2.59. The molecular formula is C18H22F6N4O2. The van der Waals surface area contributed by atoms with Gasteiger partial charge in [0.2, 0.25) is 5.95 Å². The van der Waals surface area contributed by atoms with Crippen LogP contribution in [0.2, 0.25) is 0 Å². The number of ether oxygens (including phenoxy) is 2. The van der Waals surface area contributed by atoms with Crippen LogP contribution in [0.15, 0.2) is 24.3 Å². The first-order valence-electron chi connectivity index (χ1n) is 9.02. The fourth-order valence-corrected chi connectivity index (χ4v) is 2.49. The van der Waals surface area contributed by atoms with Crippen LogP contribution >= 0.6 is 0 Å². The Balaban J connectivity index is 2.05. The van der Waals surface area contributed by atoms with Crippen LogP contribution in [-0.4, -0.2) is 60.8 Å². The molecule has 1 heterocycles. The first-order valence-corrected chi connectivity index (χ1v) is 9.02. The number of hydrogen-bond donors (Lipinski definition) is 2. The van der Waals surface area contributed by atoms with Gasteiger partial charge in [0.15, 0.2) is 0 Å². The van der Waals surface area contributed by atoms with Gasteiger partial charge >= 0.3 is 12.4 Å². The summed E-state index contributed by atoms with van der Waals surface area (Å²) in [7, 11) is 0. The molecule has 2 N–H and O–H groups in total. The van der Waals surface area contributed by atoms with E-state index in [-0.39, 0.29) is 19.2 Å². The van der Waals surface area contributed by atoms with Crippen LogP contribution in [0, 0.1) is 0 Å². The number of aromatic nitrogens is 2. The second-order valence-electron chi connectivity index (χ2n) is 6.76. The summed E-state index contributed by atoms with van der Waals surface area (Å²) in [6.07, 6.45) is -8.83. The number of rotatable bonds is 10. The van der Waals surface area contributed by atoms with E-state index in [1.54, 1.807) is 38.1 Å². The largest absolute Gasteiger partial charge is 0.411 e. The lowest BCUT2D eigenvalue weighted by Crippen LogP contribution is -2.28. The topological polar surface area (TPSA) is 68.3 Å². The molecule has 168 valence electrons. The van der Waals surface area contributed by atoms with E-state index in [4.69, 9.17) is 0 Å². The Labute approximate surface area is 169 Å². The maximum Gasteiger partial charge on any atom is 0.411 e. The predicted molar refractivity (Wildman–Crippen MR) is 99.5 cm³/mol. The van der Waals surface area contributed by atoms with E-state index >= 15 is 0 Å². The molecule has 0 saturated heterocycles. The third-order valence-corrected chi connectivity index (χ3v) is 3.63. The number of anilines is 2. The second kappa shape index (κ2) is 10.1. The van der Waals surface area contributed by atoms with Crippen molar-refractivity contribution in [1.82, 2.24) is 9.97 Å². The lowest BCUT2D eigenvalue weighted by molar-refractivity contribution is -0.174. The van der Waals surface area contributed by atoms with Crippen molar-refractivity contribution >= 4 is 22.7 Å². The molecule has 0 spiro atoms. The highest BCUT2D eigenvalue weighted by molar-refractivity contribution is 5.90. The summed E-state index contributed by atoms with van der Waals surface area (Å²) in [4.78, 5) is 8.62. The van der Waals surface area contributed by atoms with Gasteiger partial charge in [-0.1, -0.05) is 12.1 Å². The fourth-order valence-electron chi connectivity index (χ4n) is 2.49. The molecule has 2 aromatic rings. The van der Waals surface area contributed by atoms with E-state index in [0.29, 0.717) is 16.7 Å². The van der Waals surface area contributed by atoms with Crippen molar-refractivity contribution in [2.75, 3.05) is 37.1 Å². The molecule has 0 aliphatic rings. The number of fused-ring (bicyclic) bond motifs is 1. The summed E-state index contributed by atoms with van der Waals surface area (Å²) < 4.78 is 82.5. The van der Waals surface area contributed by atoms with Gasteiger partial charge < -0.3 is 20.1 Å². The van der Waals surface area contributed by atoms with Crippen LogP contribution in [0.1, 0.15) is 13.8 Å². The summed E-state index contributed by atoms with van der Waals surface area (Å²) in [5, 5.41) is 6.48. The molecule has 0 radical (unpaired) electrons. The highest BCUT2D eigenvalue weighted by Gasteiger charge is 2.28. The number of benzene rings is 1. The second-order valence-corrected chi connectivity index (χ2v) is 6.76. The maximum absolute atomic E-state index is 12.2. The molecule has 30 heavy (non-hydrogen) atoms. The fraction of sp³-hybridized carbons (Fsp3) is 0.556. The Morgan fingerprint density at radius 3 is 1.93 bits per heavy atom. The van der Waals surface area contributed by atoms with E-state index in [0.717, 1.165) is 0 Å². The van der Waals surface area contributed by atoms with E-state index < -0.39 is 37.7 Å². The van der Waals surface area contributed by atoms with Gasteiger partial charge in [0.05, 0.1) is 18.7 Å². The van der Waals surface area contributed by atoms with Crippen molar-refractivity contribution in [3.05, 3.63) is 24.3 Å². The van der Waals surface area contributed by atoms with Crippen molar-refractivity contribution in [1.29, 1.82) is 0 Å². The first kappa shape index (κ1) is 23.9. The molecule has 0 fully saturated rings. The minimum absolute atomic E-state index is 0.141. The monoisotopic (exact) mass is 440 g/mol. The van der Waals surface area contributed by atoms with Crippen LogP contribution < -0.4 is 10.6 Å². The molecule has 6 nitrogen and oxygen atoms in total. The summed E-state index contributed by atoms with van der Waals surface area (Å²) >= 11 is 0. The lowest BCUT2D eigenvalue weighted by Gasteiger charge is -2.19. The molecule has 0 aliphatic heterocycles. The minimum Gasteiger partial charge on any atom is -0.370 e. The zero-order valence-corrected chi connectivity index (χ0v) is 16.3.